The fraction of sp³-hybridized carbons (Fsp3) is 0.818. The van der Waals surface area contributed by atoms with Crippen molar-refractivity contribution in [3.8, 4) is 6.07 Å². The lowest BCUT2D eigenvalue weighted by atomic mass is 10.1. The number of hydrogen-bond acceptors (Lipinski definition) is 3. The fourth-order valence-corrected chi connectivity index (χ4v) is 1.42. The number of nitriles is 1. The molecule has 0 bridgehead atoms. The highest BCUT2D eigenvalue weighted by Crippen LogP contribution is 2.44. The molecule has 84 valence electrons. The Morgan fingerprint density at radius 2 is 2.20 bits per heavy atom. The number of hydrogen-bond donors (Lipinski definition) is 1. The van der Waals surface area contributed by atoms with Gasteiger partial charge in [0.05, 0.1) is 11.7 Å². The molecule has 4 heteroatoms. The zero-order valence-electron chi connectivity index (χ0n) is 9.59. The predicted molar refractivity (Wildman–Crippen MR) is 56.0 cm³/mol. The zero-order valence-corrected chi connectivity index (χ0v) is 9.59. The van der Waals surface area contributed by atoms with Gasteiger partial charge in [0, 0.05) is 13.2 Å². The first-order valence-electron chi connectivity index (χ1n) is 5.29. The normalized spacial score (nSPS) is 18.0. The van der Waals surface area contributed by atoms with Gasteiger partial charge >= 0.3 is 0 Å². The van der Waals surface area contributed by atoms with E-state index in [1.165, 1.54) is 0 Å². The van der Waals surface area contributed by atoms with E-state index in [0.717, 1.165) is 0 Å². The van der Waals surface area contributed by atoms with Crippen LogP contribution < -0.4 is 5.32 Å². The van der Waals surface area contributed by atoms with E-state index in [-0.39, 0.29) is 11.5 Å². The molecule has 0 heterocycles. The molecule has 1 aliphatic rings. The molecule has 0 saturated heterocycles. The van der Waals surface area contributed by atoms with Crippen LogP contribution in [0, 0.1) is 16.7 Å². The Labute approximate surface area is 90.6 Å². The lowest BCUT2D eigenvalue weighted by Gasteiger charge is -2.25. The molecule has 1 fully saturated rings. The van der Waals surface area contributed by atoms with E-state index in [9.17, 15) is 4.79 Å². The molecule has 0 unspecified atom stereocenters. The highest BCUT2D eigenvalue weighted by molar-refractivity contribution is 5.88. The summed E-state index contributed by atoms with van der Waals surface area (Å²) in [5, 5.41) is 11.6. The second kappa shape index (κ2) is 4.19. The average molecular weight is 210 g/mol. The molecule has 0 spiro atoms. The molecule has 1 aliphatic carbocycles. The smallest absolute Gasteiger partial charge is 0.240 e. The summed E-state index contributed by atoms with van der Waals surface area (Å²) < 4.78 is 5.45. The van der Waals surface area contributed by atoms with Crippen LogP contribution in [-0.4, -0.2) is 24.7 Å². The molecule has 1 rings (SSSR count). The van der Waals surface area contributed by atoms with Gasteiger partial charge in [0.25, 0.3) is 0 Å². The Bertz CT molecular complexity index is 287. The predicted octanol–water partition coefficient (Wildman–Crippen LogP) is 1.22. The largest absolute Gasteiger partial charge is 0.374 e. The number of nitrogens with zero attached hydrogens (tertiary/aromatic N) is 1. The minimum atomic E-state index is -0.734. The van der Waals surface area contributed by atoms with Gasteiger partial charge in [-0.3, -0.25) is 4.79 Å². The third-order valence-corrected chi connectivity index (χ3v) is 2.61. The number of carbonyl (C=O) groups excluding carboxylic acids is 1. The van der Waals surface area contributed by atoms with Crippen LogP contribution in [0.1, 0.15) is 33.6 Å². The first kappa shape index (κ1) is 12.0. The van der Waals surface area contributed by atoms with Gasteiger partial charge in [-0.25, -0.2) is 0 Å². The van der Waals surface area contributed by atoms with Gasteiger partial charge in [-0.1, -0.05) is 0 Å². The Balaban J connectivity index is 2.38. The summed E-state index contributed by atoms with van der Waals surface area (Å²) in [6.07, 6.45) is 1.37. The van der Waals surface area contributed by atoms with Crippen LogP contribution in [0.2, 0.25) is 0 Å². The van der Waals surface area contributed by atoms with E-state index < -0.39 is 5.41 Å². The van der Waals surface area contributed by atoms with Crippen LogP contribution in [0.5, 0.6) is 0 Å². The lowest BCUT2D eigenvalue weighted by molar-refractivity contribution is -0.126. The SMILES string of the molecule is CCOC(C)(C)CNC(=O)C1(C#N)CC1. The summed E-state index contributed by atoms with van der Waals surface area (Å²) in [4.78, 5) is 11.6. The van der Waals surface area contributed by atoms with Gasteiger partial charge < -0.3 is 10.1 Å². The van der Waals surface area contributed by atoms with E-state index in [1.54, 1.807) is 0 Å². The quantitative estimate of drug-likeness (QED) is 0.742. The summed E-state index contributed by atoms with van der Waals surface area (Å²) in [5.41, 5.74) is -1.10. The van der Waals surface area contributed by atoms with E-state index in [0.29, 0.717) is 26.0 Å². The molecular weight excluding hydrogens is 192 g/mol. The molecule has 4 nitrogen and oxygen atoms in total. The third-order valence-electron chi connectivity index (χ3n) is 2.61. The van der Waals surface area contributed by atoms with Crippen molar-refractivity contribution in [2.24, 2.45) is 5.41 Å². The van der Waals surface area contributed by atoms with Gasteiger partial charge in [-0.05, 0) is 33.6 Å². The van der Waals surface area contributed by atoms with Gasteiger partial charge in [0.1, 0.15) is 5.41 Å². The topological polar surface area (TPSA) is 62.1 Å². The van der Waals surface area contributed by atoms with Gasteiger partial charge in [0.2, 0.25) is 5.91 Å². The second-order valence-corrected chi connectivity index (χ2v) is 4.57. The fourth-order valence-electron chi connectivity index (χ4n) is 1.42. The minimum Gasteiger partial charge on any atom is -0.374 e. The standard InChI is InChI=1S/C11H18N2O2/c1-4-15-10(2,3)8-13-9(14)11(7-12)5-6-11/h4-6,8H2,1-3H3,(H,13,14). The van der Waals surface area contributed by atoms with Crippen molar-refractivity contribution < 1.29 is 9.53 Å². The molecule has 1 N–H and O–H groups in total. The molecule has 15 heavy (non-hydrogen) atoms. The van der Waals surface area contributed by atoms with Crippen LogP contribution in [0.15, 0.2) is 0 Å². The lowest BCUT2D eigenvalue weighted by Crippen LogP contribution is -2.43. The van der Waals surface area contributed by atoms with Crippen LogP contribution in [0.4, 0.5) is 0 Å². The van der Waals surface area contributed by atoms with Crippen molar-refractivity contribution in [2.75, 3.05) is 13.2 Å². The monoisotopic (exact) mass is 210 g/mol. The number of amides is 1. The zero-order chi connectivity index (χ0) is 11.5. The molecule has 0 atom stereocenters. The van der Waals surface area contributed by atoms with Crippen molar-refractivity contribution in [3.63, 3.8) is 0 Å². The average Bonchev–Trinajstić information content (AvgIpc) is 2.95. The second-order valence-electron chi connectivity index (χ2n) is 4.57. The molecule has 0 aromatic rings. The highest BCUT2D eigenvalue weighted by Gasteiger charge is 2.50. The van der Waals surface area contributed by atoms with Crippen LogP contribution in [0.25, 0.3) is 0 Å². The van der Waals surface area contributed by atoms with Crippen molar-refractivity contribution in [3.05, 3.63) is 0 Å². The Kier molecular flexibility index (Phi) is 3.35. The number of nitrogens with one attached hydrogen (secondary N) is 1. The highest BCUT2D eigenvalue weighted by atomic mass is 16.5. The molecular formula is C11H18N2O2. The first-order valence-corrected chi connectivity index (χ1v) is 5.29. The summed E-state index contributed by atoms with van der Waals surface area (Å²) >= 11 is 0. The number of carbonyl (C=O) groups is 1. The number of ether oxygens (including phenoxy) is 1. The van der Waals surface area contributed by atoms with Crippen LogP contribution >= 0.6 is 0 Å². The van der Waals surface area contributed by atoms with E-state index in [1.807, 2.05) is 20.8 Å². The van der Waals surface area contributed by atoms with E-state index in [2.05, 4.69) is 11.4 Å². The maximum Gasteiger partial charge on any atom is 0.240 e. The maximum atomic E-state index is 11.6. The van der Waals surface area contributed by atoms with Gasteiger partial charge in [0.15, 0.2) is 0 Å². The van der Waals surface area contributed by atoms with Crippen LogP contribution in [0.3, 0.4) is 0 Å². The first-order chi connectivity index (χ1) is 6.96. The van der Waals surface area contributed by atoms with Crippen molar-refractivity contribution in [1.29, 1.82) is 5.26 Å². The molecule has 0 aromatic heterocycles. The van der Waals surface area contributed by atoms with E-state index >= 15 is 0 Å². The summed E-state index contributed by atoms with van der Waals surface area (Å²) in [5.74, 6) is -0.155. The van der Waals surface area contributed by atoms with Crippen molar-refractivity contribution in [1.82, 2.24) is 5.32 Å². The third kappa shape index (κ3) is 2.93. The van der Waals surface area contributed by atoms with Crippen LogP contribution in [-0.2, 0) is 9.53 Å². The Hall–Kier alpha value is -1.08. The molecule has 0 aliphatic heterocycles. The van der Waals surface area contributed by atoms with Crippen molar-refractivity contribution >= 4 is 5.91 Å². The molecule has 0 aromatic carbocycles. The summed E-state index contributed by atoms with van der Waals surface area (Å²) in [7, 11) is 0. The Morgan fingerprint density at radius 3 is 2.60 bits per heavy atom. The summed E-state index contributed by atoms with van der Waals surface area (Å²) in [6.45, 7) is 6.82. The molecule has 0 radical (unpaired) electrons. The van der Waals surface area contributed by atoms with Gasteiger partial charge in [-0.15, -0.1) is 0 Å². The number of rotatable bonds is 5. The van der Waals surface area contributed by atoms with Gasteiger partial charge in [-0.2, -0.15) is 5.26 Å². The molecule has 1 amide bonds. The summed E-state index contributed by atoms with van der Waals surface area (Å²) in [6, 6.07) is 2.07. The maximum absolute atomic E-state index is 11.6. The van der Waals surface area contributed by atoms with Crippen molar-refractivity contribution in [2.45, 2.75) is 39.2 Å². The van der Waals surface area contributed by atoms with E-state index in [4.69, 9.17) is 10.00 Å². The Morgan fingerprint density at radius 1 is 1.60 bits per heavy atom. The molecule has 1 saturated carbocycles. The minimum absolute atomic E-state index is 0.155.